The Balaban J connectivity index is 2.00. The standard InChI is InChI=1S/C15H22N2O2/c1-15(2,16)14(18)17-11-6-5-9-13(10-11)19-12-7-3-4-8-12/h5-6,9-10,12H,3-4,7-8,16H2,1-2H3,(H,17,18). The molecule has 0 aromatic heterocycles. The Morgan fingerprint density at radius 3 is 2.68 bits per heavy atom. The van der Waals surface area contributed by atoms with Crippen molar-refractivity contribution in [2.24, 2.45) is 5.73 Å². The van der Waals surface area contributed by atoms with Crippen molar-refractivity contribution in [2.45, 2.75) is 51.2 Å². The van der Waals surface area contributed by atoms with Crippen molar-refractivity contribution in [3.63, 3.8) is 0 Å². The summed E-state index contributed by atoms with van der Waals surface area (Å²) < 4.78 is 5.90. The van der Waals surface area contributed by atoms with Crippen LogP contribution in [0.5, 0.6) is 5.75 Å². The van der Waals surface area contributed by atoms with Gasteiger partial charge < -0.3 is 15.8 Å². The first kappa shape index (κ1) is 13.9. The predicted molar refractivity (Wildman–Crippen MR) is 76.2 cm³/mol. The van der Waals surface area contributed by atoms with Crippen molar-refractivity contribution in [1.82, 2.24) is 0 Å². The van der Waals surface area contributed by atoms with E-state index in [1.165, 1.54) is 12.8 Å². The first-order chi connectivity index (χ1) is 8.95. The fourth-order valence-electron chi connectivity index (χ4n) is 2.14. The fourth-order valence-corrected chi connectivity index (χ4v) is 2.14. The largest absolute Gasteiger partial charge is 0.490 e. The molecule has 1 aromatic carbocycles. The molecule has 0 saturated heterocycles. The SMILES string of the molecule is CC(C)(N)C(=O)Nc1cccc(OC2CCCC2)c1. The summed E-state index contributed by atoms with van der Waals surface area (Å²) in [6, 6.07) is 7.48. The van der Waals surface area contributed by atoms with Crippen LogP contribution in [0, 0.1) is 0 Å². The van der Waals surface area contributed by atoms with Crippen LogP contribution in [0.3, 0.4) is 0 Å². The zero-order valence-corrected chi connectivity index (χ0v) is 11.6. The molecule has 19 heavy (non-hydrogen) atoms. The molecule has 1 saturated carbocycles. The Labute approximate surface area is 114 Å². The molecule has 1 amide bonds. The number of nitrogens with two attached hydrogens (primary N) is 1. The van der Waals surface area contributed by atoms with E-state index >= 15 is 0 Å². The summed E-state index contributed by atoms with van der Waals surface area (Å²) in [4.78, 5) is 11.8. The highest BCUT2D eigenvalue weighted by atomic mass is 16.5. The van der Waals surface area contributed by atoms with Crippen LogP contribution in [0.4, 0.5) is 5.69 Å². The normalized spacial score (nSPS) is 16.4. The highest BCUT2D eigenvalue weighted by molar-refractivity contribution is 5.97. The highest BCUT2D eigenvalue weighted by Crippen LogP contribution is 2.25. The van der Waals surface area contributed by atoms with Crippen LogP contribution >= 0.6 is 0 Å². The van der Waals surface area contributed by atoms with Gasteiger partial charge in [-0.05, 0) is 51.7 Å². The number of carbonyl (C=O) groups excluding carboxylic acids is 1. The van der Waals surface area contributed by atoms with Gasteiger partial charge in [0.25, 0.3) is 0 Å². The molecular formula is C15H22N2O2. The number of rotatable bonds is 4. The molecule has 0 unspecified atom stereocenters. The third kappa shape index (κ3) is 3.96. The van der Waals surface area contributed by atoms with Crippen LogP contribution in [-0.2, 0) is 4.79 Å². The number of amides is 1. The first-order valence-electron chi connectivity index (χ1n) is 6.82. The number of anilines is 1. The molecule has 0 heterocycles. The van der Waals surface area contributed by atoms with Crippen LogP contribution in [-0.4, -0.2) is 17.6 Å². The lowest BCUT2D eigenvalue weighted by molar-refractivity contribution is -0.120. The topological polar surface area (TPSA) is 64.4 Å². The quantitative estimate of drug-likeness (QED) is 0.876. The van der Waals surface area contributed by atoms with E-state index in [1.54, 1.807) is 13.8 Å². The fraction of sp³-hybridized carbons (Fsp3) is 0.533. The van der Waals surface area contributed by atoms with Gasteiger partial charge in [-0.2, -0.15) is 0 Å². The molecule has 4 nitrogen and oxygen atoms in total. The molecule has 0 bridgehead atoms. The average molecular weight is 262 g/mol. The molecular weight excluding hydrogens is 240 g/mol. The van der Waals surface area contributed by atoms with Gasteiger partial charge in [-0.1, -0.05) is 6.07 Å². The number of carbonyl (C=O) groups is 1. The van der Waals surface area contributed by atoms with E-state index in [2.05, 4.69) is 5.32 Å². The maximum Gasteiger partial charge on any atom is 0.243 e. The van der Waals surface area contributed by atoms with E-state index in [0.717, 1.165) is 24.3 Å². The van der Waals surface area contributed by atoms with Crippen LogP contribution in [0.25, 0.3) is 0 Å². The number of benzene rings is 1. The first-order valence-corrected chi connectivity index (χ1v) is 6.82. The number of ether oxygens (including phenoxy) is 1. The third-order valence-corrected chi connectivity index (χ3v) is 3.28. The summed E-state index contributed by atoms with van der Waals surface area (Å²) in [6.45, 7) is 3.36. The van der Waals surface area contributed by atoms with Gasteiger partial charge in [-0.15, -0.1) is 0 Å². The third-order valence-electron chi connectivity index (χ3n) is 3.28. The summed E-state index contributed by atoms with van der Waals surface area (Å²) in [6.07, 6.45) is 5.03. The molecule has 1 aliphatic rings. The molecule has 4 heteroatoms. The maximum absolute atomic E-state index is 11.8. The minimum atomic E-state index is -0.887. The van der Waals surface area contributed by atoms with Gasteiger partial charge in [0.05, 0.1) is 11.6 Å². The Bertz CT molecular complexity index is 446. The molecule has 1 aliphatic carbocycles. The van der Waals surface area contributed by atoms with Crippen molar-refractivity contribution in [1.29, 1.82) is 0 Å². The maximum atomic E-state index is 11.8. The van der Waals surface area contributed by atoms with E-state index in [4.69, 9.17) is 10.5 Å². The smallest absolute Gasteiger partial charge is 0.243 e. The molecule has 0 radical (unpaired) electrons. The Kier molecular flexibility index (Phi) is 4.10. The minimum Gasteiger partial charge on any atom is -0.490 e. The zero-order valence-electron chi connectivity index (χ0n) is 11.6. The minimum absolute atomic E-state index is 0.203. The molecule has 0 spiro atoms. The lowest BCUT2D eigenvalue weighted by atomic mass is 10.1. The molecule has 104 valence electrons. The van der Waals surface area contributed by atoms with E-state index in [1.807, 2.05) is 24.3 Å². The summed E-state index contributed by atoms with van der Waals surface area (Å²) >= 11 is 0. The van der Waals surface area contributed by atoms with Crippen LogP contribution in [0.15, 0.2) is 24.3 Å². The molecule has 0 atom stereocenters. The van der Waals surface area contributed by atoms with E-state index in [0.29, 0.717) is 6.10 Å². The van der Waals surface area contributed by atoms with Gasteiger partial charge in [0.15, 0.2) is 0 Å². The van der Waals surface area contributed by atoms with Crippen molar-refractivity contribution in [3.8, 4) is 5.75 Å². The second-order valence-electron chi connectivity index (χ2n) is 5.73. The second-order valence-corrected chi connectivity index (χ2v) is 5.73. The van der Waals surface area contributed by atoms with Crippen LogP contribution in [0.1, 0.15) is 39.5 Å². The lowest BCUT2D eigenvalue weighted by Gasteiger charge is -2.18. The van der Waals surface area contributed by atoms with Gasteiger partial charge >= 0.3 is 0 Å². The highest BCUT2D eigenvalue weighted by Gasteiger charge is 2.22. The van der Waals surface area contributed by atoms with Gasteiger partial charge in [0.1, 0.15) is 5.75 Å². The summed E-state index contributed by atoms with van der Waals surface area (Å²) in [5.74, 6) is 0.602. The number of hydrogen-bond donors (Lipinski definition) is 2. The Hall–Kier alpha value is -1.55. The van der Waals surface area contributed by atoms with Crippen molar-refractivity contribution >= 4 is 11.6 Å². The van der Waals surface area contributed by atoms with Crippen LogP contribution < -0.4 is 15.8 Å². The predicted octanol–water partition coefficient (Wildman–Crippen LogP) is 2.68. The number of nitrogens with one attached hydrogen (secondary N) is 1. The Morgan fingerprint density at radius 2 is 2.05 bits per heavy atom. The van der Waals surface area contributed by atoms with E-state index < -0.39 is 5.54 Å². The molecule has 2 rings (SSSR count). The summed E-state index contributed by atoms with van der Waals surface area (Å²) in [5, 5.41) is 2.80. The summed E-state index contributed by atoms with van der Waals surface area (Å²) in [7, 11) is 0. The Morgan fingerprint density at radius 1 is 1.37 bits per heavy atom. The average Bonchev–Trinajstić information content (AvgIpc) is 2.81. The lowest BCUT2D eigenvalue weighted by Crippen LogP contribution is -2.45. The van der Waals surface area contributed by atoms with Gasteiger partial charge in [-0.3, -0.25) is 4.79 Å². The van der Waals surface area contributed by atoms with E-state index in [9.17, 15) is 4.79 Å². The van der Waals surface area contributed by atoms with Crippen molar-refractivity contribution < 1.29 is 9.53 Å². The number of hydrogen-bond acceptors (Lipinski definition) is 3. The molecule has 3 N–H and O–H groups in total. The van der Waals surface area contributed by atoms with E-state index in [-0.39, 0.29) is 5.91 Å². The van der Waals surface area contributed by atoms with Gasteiger partial charge in [-0.25, -0.2) is 0 Å². The zero-order chi connectivity index (χ0) is 13.9. The second kappa shape index (κ2) is 5.61. The monoisotopic (exact) mass is 262 g/mol. The molecule has 1 fully saturated rings. The summed E-state index contributed by atoms with van der Waals surface area (Å²) in [5.41, 5.74) is 5.59. The van der Waals surface area contributed by atoms with Gasteiger partial charge in [0, 0.05) is 11.8 Å². The van der Waals surface area contributed by atoms with Crippen LogP contribution in [0.2, 0.25) is 0 Å². The van der Waals surface area contributed by atoms with Crippen molar-refractivity contribution in [3.05, 3.63) is 24.3 Å². The molecule has 0 aliphatic heterocycles. The molecule has 1 aromatic rings. The van der Waals surface area contributed by atoms with Gasteiger partial charge in [0.2, 0.25) is 5.91 Å². The van der Waals surface area contributed by atoms with Crippen molar-refractivity contribution in [2.75, 3.05) is 5.32 Å².